The molecule has 0 amide bonds. The monoisotopic (exact) mass is 291 g/mol. The Labute approximate surface area is 131 Å². The van der Waals surface area contributed by atoms with Crippen molar-refractivity contribution in [3.63, 3.8) is 0 Å². The molecule has 2 heteroatoms. The lowest BCUT2D eigenvalue weighted by Gasteiger charge is -2.13. The van der Waals surface area contributed by atoms with Crippen molar-refractivity contribution < 1.29 is 5.11 Å². The highest BCUT2D eigenvalue weighted by atomic mass is 16.3. The molecule has 0 heterocycles. The molecule has 0 radical (unpaired) electrons. The van der Waals surface area contributed by atoms with Crippen LogP contribution in [0.2, 0.25) is 0 Å². The van der Waals surface area contributed by atoms with E-state index in [1.807, 2.05) is 0 Å². The number of aryl methyl sites for hydroxylation is 1. The molecule has 1 rings (SSSR count). The van der Waals surface area contributed by atoms with E-state index in [1.165, 1.54) is 31.2 Å². The van der Waals surface area contributed by atoms with Crippen molar-refractivity contribution in [2.75, 3.05) is 13.1 Å². The minimum atomic E-state index is -0.348. The van der Waals surface area contributed by atoms with Gasteiger partial charge in [0.05, 0.1) is 6.10 Å². The highest BCUT2D eigenvalue weighted by Gasteiger charge is 2.07. The maximum Gasteiger partial charge on any atom is 0.0802 e. The number of aliphatic hydroxyl groups excluding tert-OH is 1. The molecule has 21 heavy (non-hydrogen) atoms. The summed E-state index contributed by atoms with van der Waals surface area (Å²) >= 11 is 0. The van der Waals surface area contributed by atoms with Crippen LogP contribution in [0.3, 0.4) is 0 Å². The highest BCUT2D eigenvalue weighted by Crippen LogP contribution is 2.18. The van der Waals surface area contributed by atoms with Crippen LogP contribution in [0, 0.1) is 5.92 Å². The topological polar surface area (TPSA) is 32.3 Å². The van der Waals surface area contributed by atoms with E-state index < -0.39 is 0 Å². The Hall–Kier alpha value is -0.860. The van der Waals surface area contributed by atoms with Gasteiger partial charge in [0.1, 0.15) is 0 Å². The van der Waals surface area contributed by atoms with Gasteiger partial charge in [-0.05, 0) is 49.4 Å². The van der Waals surface area contributed by atoms with E-state index in [1.54, 1.807) is 0 Å². The summed E-state index contributed by atoms with van der Waals surface area (Å²) in [5.74, 6) is 0.661. The summed E-state index contributed by atoms with van der Waals surface area (Å²) in [4.78, 5) is 0. The standard InChI is InChI=1S/C19H33NO/c1-4-5-6-7-8-17-9-11-18(12-10-17)19(21)13-14-20-15-16(2)3/h9-12,16,19-21H,4-8,13-15H2,1-3H3. The maximum absolute atomic E-state index is 10.2. The van der Waals surface area contributed by atoms with Crippen molar-refractivity contribution in [2.45, 2.75) is 65.4 Å². The molecule has 0 aromatic heterocycles. The first-order valence-electron chi connectivity index (χ1n) is 8.61. The molecule has 1 atom stereocenters. The van der Waals surface area contributed by atoms with Gasteiger partial charge in [-0.3, -0.25) is 0 Å². The number of rotatable bonds is 11. The normalized spacial score (nSPS) is 12.8. The first-order chi connectivity index (χ1) is 10.1. The minimum absolute atomic E-state index is 0.348. The molecule has 0 aliphatic carbocycles. The summed E-state index contributed by atoms with van der Waals surface area (Å²) in [6, 6.07) is 8.52. The molecule has 0 fully saturated rings. The summed E-state index contributed by atoms with van der Waals surface area (Å²) in [6.07, 6.45) is 6.81. The number of hydrogen-bond donors (Lipinski definition) is 2. The summed E-state index contributed by atoms with van der Waals surface area (Å²) in [5.41, 5.74) is 2.43. The zero-order valence-corrected chi connectivity index (χ0v) is 14.1. The molecule has 0 saturated heterocycles. The molecule has 1 unspecified atom stereocenters. The van der Waals surface area contributed by atoms with Gasteiger partial charge in [-0.1, -0.05) is 64.3 Å². The van der Waals surface area contributed by atoms with Gasteiger partial charge in [0.15, 0.2) is 0 Å². The molecular weight excluding hydrogens is 258 g/mol. The molecule has 2 N–H and O–H groups in total. The molecule has 2 nitrogen and oxygen atoms in total. The molecule has 120 valence electrons. The van der Waals surface area contributed by atoms with Crippen LogP contribution in [0.4, 0.5) is 0 Å². The molecule has 1 aromatic rings. The molecule has 0 spiro atoms. The van der Waals surface area contributed by atoms with E-state index >= 15 is 0 Å². The van der Waals surface area contributed by atoms with E-state index in [2.05, 4.69) is 50.4 Å². The molecule has 0 bridgehead atoms. The molecule has 1 aromatic carbocycles. The molecule has 0 saturated carbocycles. The number of nitrogens with one attached hydrogen (secondary N) is 1. The Morgan fingerprint density at radius 2 is 1.76 bits per heavy atom. The second-order valence-electron chi connectivity index (χ2n) is 6.45. The van der Waals surface area contributed by atoms with Gasteiger partial charge in [-0.25, -0.2) is 0 Å². The number of benzene rings is 1. The van der Waals surface area contributed by atoms with E-state index in [0.717, 1.165) is 31.5 Å². The third-order valence-corrected chi connectivity index (χ3v) is 3.83. The Balaban J connectivity index is 2.28. The maximum atomic E-state index is 10.2. The van der Waals surface area contributed by atoms with Gasteiger partial charge >= 0.3 is 0 Å². The van der Waals surface area contributed by atoms with Gasteiger partial charge < -0.3 is 10.4 Å². The number of unbranched alkanes of at least 4 members (excludes halogenated alkanes) is 3. The third-order valence-electron chi connectivity index (χ3n) is 3.83. The highest BCUT2D eigenvalue weighted by molar-refractivity contribution is 5.24. The Kier molecular flexibility index (Phi) is 9.36. The van der Waals surface area contributed by atoms with Crippen LogP contribution in [0.25, 0.3) is 0 Å². The lowest BCUT2D eigenvalue weighted by molar-refractivity contribution is 0.166. The first kappa shape index (κ1) is 18.2. The fourth-order valence-electron chi connectivity index (χ4n) is 2.46. The predicted molar refractivity (Wildman–Crippen MR) is 91.6 cm³/mol. The Morgan fingerprint density at radius 3 is 2.38 bits per heavy atom. The lowest BCUT2D eigenvalue weighted by Crippen LogP contribution is -2.22. The van der Waals surface area contributed by atoms with Crippen LogP contribution in [-0.4, -0.2) is 18.2 Å². The van der Waals surface area contributed by atoms with Crippen molar-refractivity contribution in [1.82, 2.24) is 5.32 Å². The average Bonchev–Trinajstić information content (AvgIpc) is 2.48. The zero-order valence-electron chi connectivity index (χ0n) is 14.1. The van der Waals surface area contributed by atoms with Gasteiger partial charge in [0, 0.05) is 0 Å². The minimum Gasteiger partial charge on any atom is -0.388 e. The zero-order chi connectivity index (χ0) is 15.5. The number of hydrogen-bond acceptors (Lipinski definition) is 2. The smallest absolute Gasteiger partial charge is 0.0802 e. The van der Waals surface area contributed by atoms with Gasteiger partial charge in [0.25, 0.3) is 0 Å². The van der Waals surface area contributed by atoms with Crippen LogP contribution in [0.1, 0.15) is 70.1 Å². The van der Waals surface area contributed by atoms with Gasteiger partial charge in [-0.2, -0.15) is 0 Å². The predicted octanol–water partition coefficient (Wildman–Crippen LogP) is 4.48. The Morgan fingerprint density at radius 1 is 1.05 bits per heavy atom. The van der Waals surface area contributed by atoms with E-state index in [9.17, 15) is 5.11 Å². The van der Waals surface area contributed by atoms with Crippen LogP contribution < -0.4 is 5.32 Å². The summed E-state index contributed by atoms with van der Waals surface area (Å²) < 4.78 is 0. The van der Waals surface area contributed by atoms with Crippen molar-refractivity contribution in [1.29, 1.82) is 0 Å². The average molecular weight is 291 g/mol. The second kappa shape index (κ2) is 10.8. The first-order valence-corrected chi connectivity index (χ1v) is 8.61. The third kappa shape index (κ3) is 8.23. The molecular formula is C19H33NO. The Bertz CT molecular complexity index is 358. The fourth-order valence-corrected chi connectivity index (χ4v) is 2.46. The fraction of sp³-hybridized carbons (Fsp3) is 0.684. The summed E-state index contributed by atoms with van der Waals surface area (Å²) in [7, 11) is 0. The summed E-state index contributed by atoms with van der Waals surface area (Å²) in [6.45, 7) is 8.53. The van der Waals surface area contributed by atoms with Crippen LogP contribution >= 0.6 is 0 Å². The largest absolute Gasteiger partial charge is 0.388 e. The second-order valence-corrected chi connectivity index (χ2v) is 6.45. The number of aliphatic hydroxyl groups is 1. The SMILES string of the molecule is CCCCCCc1ccc(C(O)CCNCC(C)C)cc1. The van der Waals surface area contributed by atoms with Gasteiger partial charge in [-0.15, -0.1) is 0 Å². The molecule has 0 aliphatic rings. The van der Waals surface area contributed by atoms with Crippen LogP contribution in [-0.2, 0) is 6.42 Å². The summed E-state index contributed by atoms with van der Waals surface area (Å²) in [5, 5.41) is 13.6. The van der Waals surface area contributed by atoms with Crippen LogP contribution in [0.15, 0.2) is 24.3 Å². The van der Waals surface area contributed by atoms with Gasteiger partial charge in [0.2, 0.25) is 0 Å². The van der Waals surface area contributed by atoms with Crippen molar-refractivity contribution >= 4 is 0 Å². The molecule has 0 aliphatic heterocycles. The quantitative estimate of drug-likeness (QED) is 0.589. The van der Waals surface area contributed by atoms with E-state index in [4.69, 9.17) is 0 Å². The van der Waals surface area contributed by atoms with E-state index in [0.29, 0.717) is 5.92 Å². The van der Waals surface area contributed by atoms with Crippen LogP contribution in [0.5, 0.6) is 0 Å². The van der Waals surface area contributed by atoms with Crippen molar-refractivity contribution in [2.24, 2.45) is 5.92 Å². The van der Waals surface area contributed by atoms with E-state index in [-0.39, 0.29) is 6.10 Å². The van der Waals surface area contributed by atoms with Crippen molar-refractivity contribution in [3.8, 4) is 0 Å². The lowest BCUT2D eigenvalue weighted by atomic mass is 10.0. The van der Waals surface area contributed by atoms with Crippen molar-refractivity contribution in [3.05, 3.63) is 35.4 Å².